The Kier molecular flexibility index (Phi) is 4.19. The highest BCUT2D eigenvalue weighted by molar-refractivity contribution is 9.10. The number of pyridine rings is 1. The molecule has 0 aliphatic carbocycles. The van der Waals surface area contributed by atoms with Gasteiger partial charge >= 0.3 is 5.97 Å². The number of carbonyl (C=O) groups excluding carboxylic acids is 1. The van der Waals surface area contributed by atoms with Crippen LogP contribution in [-0.2, 0) is 4.79 Å². The largest absolute Gasteiger partial charge is 0.481 e. The van der Waals surface area contributed by atoms with E-state index in [9.17, 15) is 9.59 Å². The molecule has 2 rings (SSSR count). The molecule has 2 unspecified atom stereocenters. The Balaban J connectivity index is 2.13. The van der Waals surface area contributed by atoms with Crippen LogP contribution in [0.25, 0.3) is 0 Å². The number of nitrogens with zero attached hydrogens (tertiary/aromatic N) is 2. The topological polar surface area (TPSA) is 70.5 Å². The lowest BCUT2D eigenvalue weighted by molar-refractivity contribution is -0.143. The molecule has 0 radical (unpaired) electrons. The average Bonchev–Trinajstić information content (AvgIpc) is 2.38. The summed E-state index contributed by atoms with van der Waals surface area (Å²) in [4.78, 5) is 29.2. The number of aliphatic carboxylic acids is 1. The van der Waals surface area contributed by atoms with Crippen molar-refractivity contribution >= 4 is 27.8 Å². The number of piperidine rings is 1. The van der Waals surface area contributed by atoms with Crippen LogP contribution in [0, 0.1) is 5.92 Å². The summed E-state index contributed by atoms with van der Waals surface area (Å²) in [6.45, 7) is 2.34. The molecule has 2 heterocycles. The van der Waals surface area contributed by atoms with Crippen molar-refractivity contribution in [1.82, 2.24) is 9.88 Å². The minimum absolute atomic E-state index is 0.0868. The molecule has 102 valence electrons. The van der Waals surface area contributed by atoms with Gasteiger partial charge in [0.1, 0.15) is 5.69 Å². The molecular formula is C13H15BrN2O3. The zero-order valence-corrected chi connectivity index (χ0v) is 12.1. The minimum Gasteiger partial charge on any atom is -0.481 e. The van der Waals surface area contributed by atoms with E-state index in [4.69, 9.17) is 5.11 Å². The van der Waals surface area contributed by atoms with Gasteiger partial charge in [-0.25, -0.2) is 4.98 Å². The maximum absolute atomic E-state index is 12.4. The molecule has 1 fully saturated rings. The van der Waals surface area contributed by atoms with Gasteiger partial charge in [-0.15, -0.1) is 0 Å². The highest BCUT2D eigenvalue weighted by Crippen LogP contribution is 2.25. The van der Waals surface area contributed by atoms with Crippen molar-refractivity contribution in [2.75, 3.05) is 6.54 Å². The van der Waals surface area contributed by atoms with Crippen LogP contribution in [-0.4, -0.2) is 39.5 Å². The van der Waals surface area contributed by atoms with E-state index < -0.39 is 5.97 Å². The fraction of sp³-hybridized carbons (Fsp3) is 0.462. The van der Waals surface area contributed by atoms with E-state index in [-0.39, 0.29) is 17.9 Å². The Bertz CT molecular complexity index is 506. The Morgan fingerprint density at radius 2 is 2.26 bits per heavy atom. The molecule has 1 aliphatic heterocycles. The second-order valence-corrected chi connectivity index (χ2v) is 5.60. The third-order valence-electron chi connectivity index (χ3n) is 3.45. The Labute approximate surface area is 119 Å². The van der Waals surface area contributed by atoms with Crippen molar-refractivity contribution in [3.8, 4) is 0 Å². The molecule has 2 atom stereocenters. The van der Waals surface area contributed by atoms with Crippen molar-refractivity contribution in [2.45, 2.75) is 25.8 Å². The molecule has 1 aliphatic rings. The molecule has 0 saturated carbocycles. The summed E-state index contributed by atoms with van der Waals surface area (Å²) in [7, 11) is 0. The molecule has 5 nitrogen and oxygen atoms in total. The number of amides is 1. The average molecular weight is 327 g/mol. The third-order valence-corrected chi connectivity index (χ3v) is 4.09. The third kappa shape index (κ3) is 2.94. The summed E-state index contributed by atoms with van der Waals surface area (Å²) in [6.07, 6.45) is 2.56. The highest BCUT2D eigenvalue weighted by atomic mass is 79.9. The van der Waals surface area contributed by atoms with Crippen LogP contribution >= 0.6 is 15.9 Å². The zero-order valence-electron chi connectivity index (χ0n) is 10.5. The molecule has 0 aromatic carbocycles. The first-order chi connectivity index (χ1) is 9.00. The second kappa shape index (κ2) is 5.69. The van der Waals surface area contributed by atoms with Crippen molar-refractivity contribution in [3.63, 3.8) is 0 Å². The number of halogens is 1. The smallest absolute Gasteiger partial charge is 0.306 e. The maximum Gasteiger partial charge on any atom is 0.306 e. The molecule has 1 N–H and O–H groups in total. The number of likely N-dealkylation sites (tertiary alicyclic amines) is 1. The van der Waals surface area contributed by atoms with Crippen LogP contribution in [0.15, 0.2) is 22.8 Å². The van der Waals surface area contributed by atoms with Crippen LogP contribution in [0.4, 0.5) is 0 Å². The molecular weight excluding hydrogens is 312 g/mol. The number of carbonyl (C=O) groups is 2. The van der Waals surface area contributed by atoms with Gasteiger partial charge in [-0.05, 0) is 47.8 Å². The lowest BCUT2D eigenvalue weighted by Crippen LogP contribution is -2.46. The number of hydrogen-bond donors (Lipinski definition) is 1. The van der Waals surface area contributed by atoms with Gasteiger partial charge in [0, 0.05) is 23.3 Å². The van der Waals surface area contributed by atoms with E-state index >= 15 is 0 Å². The van der Waals surface area contributed by atoms with E-state index in [1.54, 1.807) is 23.2 Å². The maximum atomic E-state index is 12.4. The molecule has 1 aromatic rings. The first-order valence-corrected chi connectivity index (χ1v) is 6.94. The number of hydrogen-bond acceptors (Lipinski definition) is 3. The monoisotopic (exact) mass is 326 g/mol. The second-order valence-electron chi connectivity index (χ2n) is 4.74. The van der Waals surface area contributed by atoms with E-state index in [0.717, 1.165) is 0 Å². The lowest BCUT2D eigenvalue weighted by Gasteiger charge is -2.36. The molecule has 6 heteroatoms. The number of aromatic nitrogens is 1. The predicted molar refractivity (Wildman–Crippen MR) is 72.8 cm³/mol. The molecule has 0 spiro atoms. The van der Waals surface area contributed by atoms with Crippen LogP contribution < -0.4 is 0 Å². The van der Waals surface area contributed by atoms with Crippen LogP contribution in [0.1, 0.15) is 30.3 Å². The Hall–Kier alpha value is -1.43. The van der Waals surface area contributed by atoms with Crippen LogP contribution in [0.3, 0.4) is 0 Å². The summed E-state index contributed by atoms with van der Waals surface area (Å²) in [5.74, 6) is -1.28. The van der Waals surface area contributed by atoms with Gasteiger partial charge < -0.3 is 10.0 Å². The summed E-state index contributed by atoms with van der Waals surface area (Å²) in [5.41, 5.74) is 0.378. The molecule has 1 saturated heterocycles. The van der Waals surface area contributed by atoms with Gasteiger partial charge in [0.05, 0.1) is 5.92 Å². The molecule has 1 amide bonds. The van der Waals surface area contributed by atoms with Gasteiger partial charge in [-0.2, -0.15) is 0 Å². The summed E-state index contributed by atoms with van der Waals surface area (Å²) in [5, 5.41) is 9.02. The SMILES string of the molecule is CC1CC(C(=O)O)CCN1C(=O)c1ncccc1Br. The quantitative estimate of drug-likeness (QED) is 0.904. The van der Waals surface area contributed by atoms with Crippen molar-refractivity contribution < 1.29 is 14.7 Å². The van der Waals surface area contributed by atoms with E-state index in [0.29, 0.717) is 29.6 Å². The first kappa shape index (κ1) is 14.0. The highest BCUT2D eigenvalue weighted by Gasteiger charge is 2.33. The number of carboxylic acids is 1. The van der Waals surface area contributed by atoms with Gasteiger partial charge in [0.15, 0.2) is 0 Å². The number of carboxylic acid groups (broad SMARTS) is 1. The summed E-state index contributed by atoms with van der Waals surface area (Å²) >= 11 is 3.31. The lowest BCUT2D eigenvalue weighted by atomic mass is 9.91. The normalized spacial score (nSPS) is 23.2. The molecule has 0 bridgehead atoms. The summed E-state index contributed by atoms with van der Waals surface area (Å²) < 4.78 is 0.660. The van der Waals surface area contributed by atoms with E-state index in [1.165, 1.54) is 0 Å². The fourth-order valence-corrected chi connectivity index (χ4v) is 2.80. The molecule has 19 heavy (non-hydrogen) atoms. The van der Waals surface area contributed by atoms with Crippen LogP contribution in [0.5, 0.6) is 0 Å². The number of rotatable bonds is 2. The van der Waals surface area contributed by atoms with Gasteiger partial charge in [-0.3, -0.25) is 9.59 Å². The Morgan fingerprint density at radius 3 is 2.84 bits per heavy atom. The standard InChI is InChI=1S/C13H15BrN2O3/c1-8-7-9(13(18)19)4-6-16(8)12(17)11-10(14)3-2-5-15-11/h2-3,5,8-9H,4,6-7H2,1H3,(H,18,19). The fourth-order valence-electron chi connectivity index (χ4n) is 2.38. The van der Waals surface area contributed by atoms with Gasteiger partial charge in [0.25, 0.3) is 5.91 Å². The van der Waals surface area contributed by atoms with Gasteiger partial charge in [0.2, 0.25) is 0 Å². The van der Waals surface area contributed by atoms with Crippen molar-refractivity contribution in [1.29, 1.82) is 0 Å². The zero-order chi connectivity index (χ0) is 14.0. The minimum atomic E-state index is -0.780. The van der Waals surface area contributed by atoms with Gasteiger partial charge in [-0.1, -0.05) is 0 Å². The van der Waals surface area contributed by atoms with Crippen LogP contribution in [0.2, 0.25) is 0 Å². The predicted octanol–water partition coefficient (Wildman–Crippen LogP) is 2.17. The van der Waals surface area contributed by atoms with Crippen molar-refractivity contribution in [3.05, 3.63) is 28.5 Å². The first-order valence-electron chi connectivity index (χ1n) is 6.15. The molecule has 1 aromatic heterocycles. The summed E-state index contributed by atoms with van der Waals surface area (Å²) in [6, 6.07) is 3.44. The van der Waals surface area contributed by atoms with E-state index in [2.05, 4.69) is 20.9 Å². The Morgan fingerprint density at radius 1 is 1.53 bits per heavy atom. The van der Waals surface area contributed by atoms with Crippen molar-refractivity contribution in [2.24, 2.45) is 5.92 Å². The van der Waals surface area contributed by atoms with E-state index in [1.807, 2.05) is 6.92 Å².